The lowest BCUT2D eigenvalue weighted by Crippen LogP contribution is -2.60. The molecule has 12 heteroatoms. The van der Waals surface area contributed by atoms with Gasteiger partial charge in [0.2, 0.25) is 17.7 Å². The van der Waals surface area contributed by atoms with Crippen LogP contribution in [0.3, 0.4) is 0 Å². The first-order valence-electron chi connectivity index (χ1n) is 9.66. The molecule has 0 aromatic heterocycles. The molecule has 0 spiro atoms. The number of nitrogens with zero attached hydrogens (tertiary/aromatic N) is 1. The van der Waals surface area contributed by atoms with Crippen molar-refractivity contribution in [1.82, 2.24) is 15.5 Å². The highest BCUT2D eigenvalue weighted by molar-refractivity contribution is 5.95. The molecule has 7 N–H and O–H groups in total. The molecule has 1 rings (SSSR count). The summed E-state index contributed by atoms with van der Waals surface area (Å²) in [7, 11) is 0. The Morgan fingerprint density at radius 3 is 2.13 bits per heavy atom. The van der Waals surface area contributed by atoms with Gasteiger partial charge in [-0.2, -0.15) is 0 Å². The molecule has 0 saturated carbocycles. The van der Waals surface area contributed by atoms with Crippen molar-refractivity contribution in [2.45, 2.75) is 70.3 Å². The monoisotopic (exact) mass is 430 g/mol. The number of rotatable bonds is 10. The van der Waals surface area contributed by atoms with Crippen LogP contribution < -0.4 is 16.4 Å². The van der Waals surface area contributed by atoms with Gasteiger partial charge in [0.1, 0.15) is 18.1 Å². The van der Waals surface area contributed by atoms with Gasteiger partial charge in [-0.1, -0.05) is 13.8 Å². The maximum atomic E-state index is 12.7. The number of nitrogens with two attached hydrogens (primary N) is 1. The lowest BCUT2D eigenvalue weighted by Gasteiger charge is -2.29. The molecule has 0 aromatic carbocycles. The number of hydrogen-bond donors (Lipinski definition) is 6. The minimum absolute atomic E-state index is 0.199. The highest BCUT2D eigenvalue weighted by Crippen LogP contribution is 2.19. The van der Waals surface area contributed by atoms with Gasteiger partial charge in [-0.25, -0.2) is 4.79 Å². The highest BCUT2D eigenvalue weighted by atomic mass is 16.4. The summed E-state index contributed by atoms with van der Waals surface area (Å²) in [5.41, 5.74) is 5.61. The Kier molecular flexibility index (Phi) is 9.18. The molecule has 0 aliphatic carbocycles. The fourth-order valence-electron chi connectivity index (χ4n) is 3.20. The normalized spacial score (nSPS) is 20.2. The van der Waals surface area contributed by atoms with Crippen molar-refractivity contribution in [3.63, 3.8) is 0 Å². The maximum Gasteiger partial charge on any atom is 0.326 e. The van der Waals surface area contributed by atoms with Crippen molar-refractivity contribution in [1.29, 1.82) is 0 Å². The van der Waals surface area contributed by atoms with Crippen molar-refractivity contribution in [3.8, 4) is 0 Å². The smallest absolute Gasteiger partial charge is 0.326 e. The Bertz CT molecular complexity index is 681. The first kappa shape index (κ1) is 25.3. The molecule has 12 nitrogen and oxygen atoms in total. The van der Waals surface area contributed by atoms with Gasteiger partial charge in [-0.3, -0.25) is 19.2 Å². The minimum Gasteiger partial charge on any atom is -0.481 e. The summed E-state index contributed by atoms with van der Waals surface area (Å²) in [6.45, 7) is 4.65. The number of carbonyl (C=O) groups is 5. The fraction of sp³-hybridized carbons (Fsp3) is 0.722. The first-order valence-corrected chi connectivity index (χ1v) is 9.66. The lowest BCUT2D eigenvalue weighted by atomic mass is 10.0. The van der Waals surface area contributed by atoms with Crippen molar-refractivity contribution in [2.75, 3.05) is 6.54 Å². The Balaban J connectivity index is 2.89. The molecule has 30 heavy (non-hydrogen) atoms. The molecule has 0 radical (unpaired) electrons. The van der Waals surface area contributed by atoms with Crippen molar-refractivity contribution in [2.24, 2.45) is 11.7 Å². The van der Waals surface area contributed by atoms with E-state index in [0.29, 0.717) is 6.42 Å². The third-order valence-corrected chi connectivity index (χ3v) is 4.84. The maximum absolute atomic E-state index is 12.7. The van der Waals surface area contributed by atoms with Gasteiger partial charge in [-0.05, 0) is 25.7 Å². The van der Waals surface area contributed by atoms with Crippen LogP contribution >= 0.6 is 0 Å². The second-order valence-electron chi connectivity index (χ2n) is 7.69. The standard InChI is InChI=1S/C18H30N4O8/c1-8(2)13(18(29)30)20-16(27)14(9(3)23)21-15(26)11-5-4-6-22(11)17(28)10(19)7-12(24)25/h8-11,13-14,23H,4-7,19H2,1-3H3,(H,20,27)(H,21,26)(H,24,25)(H,29,30). The molecular weight excluding hydrogens is 400 g/mol. The zero-order chi connectivity index (χ0) is 23.2. The van der Waals surface area contributed by atoms with Crippen molar-refractivity contribution >= 4 is 29.7 Å². The molecule has 5 unspecified atom stereocenters. The topological polar surface area (TPSA) is 199 Å². The molecule has 5 atom stereocenters. The molecule has 1 aliphatic heterocycles. The summed E-state index contributed by atoms with van der Waals surface area (Å²) < 4.78 is 0. The number of aliphatic hydroxyl groups is 1. The van der Waals surface area contributed by atoms with E-state index in [9.17, 15) is 34.2 Å². The number of nitrogens with one attached hydrogen (secondary N) is 2. The Morgan fingerprint density at radius 1 is 1.07 bits per heavy atom. The summed E-state index contributed by atoms with van der Waals surface area (Å²) in [5, 5.41) is 32.6. The van der Waals surface area contributed by atoms with Gasteiger partial charge in [-0.15, -0.1) is 0 Å². The van der Waals surface area contributed by atoms with Gasteiger partial charge in [0.05, 0.1) is 18.6 Å². The predicted molar refractivity (Wildman–Crippen MR) is 103 cm³/mol. The van der Waals surface area contributed by atoms with Gasteiger partial charge >= 0.3 is 11.9 Å². The van der Waals surface area contributed by atoms with E-state index in [-0.39, 0.29) is 13.0 Å². The molecular formula is C18H30N4O8. The summed E-state index contributed by atoms with van der Waals surface area (Å²) >= 11 is 0. The Hall–Kier alpha value is -2.73. The SMILES string of the molecule is CC(C)C(NC(=O)C(NC(=O)C1CCCN1C(=O)C(N)CC(=O)O)C(C)O)C(=O)O. The predicted octanol–water partition coefficient (Wildman–Crippen LogP) is -2.13. The molecule has 0 aromatic rings. The first-order chi connectivity index (χ1) is 13.9. The van der Waals surface area contributed by atoms with Crippen LogP contribution in [0, 0.1) is 5.92 Å². The van der Waals surface area contributed by atoms with Crippen LogP contribution in [0.2, 0.25) is 0 Å². The van der Waals surface area contributed by atoms with E-state index >= 15 is 0 Å². The van der Waals surface area contributed by atoms with Gasteiger partial charge in [0, 0.05) is 6.54 Å². The van der Waals surface area contributed by atoms with Crippen LogP contribution in [0.1, 0.15) is 40.0 Å². The molecule has 3 amide bonds. The molecule has 1 fully saturated rings. The van der Waals surface area contributed by atoms with E-state index in [2.05, 4.69) is 10.6 Å². The van der Waals surface area contributed by atoms with Crippen LogP contribution in [-0.2, 0) is 24.0 Å². The second-order valence-corrected chi connectivity index (χ2v) is 7.69. The molecule has 170 valence electrons. The fourth-order valence-corrected chi connectivity index (χ4v) is 3.20. The summed E-state index contributed by atoms with van der Waals surface area (Å²) in [6.07, 6.45) is -1.18. The number of carboxylic acid groups (broad SMARTS) is 2. The summed E-state index contributed by atoms with van der Waals surface area (Å²) in [5.74, 6) is -5.23. The Labute approximate surface area is 173 Å². The number of hydrogen-bond acceptors (Lipinski definition) is 7. The number of amides is 3. The van der Waals surface area contributed by atoms with Crippen LogP contribution in [0.25, 0.3) is 0 Å². The second kappa shape index (κ2) is 10.9. The zero-order valence-electron chi connectivity index (χ0n) is 17.2. The third kappa shape index (κ3) is 6.66. The Morgan fingerprint density at radius 2 is 1.67 bits per heavy atom. The lowest BCUT2D eigenvalue weighted by molar-refractivity contribution is -0.145. The minimum atomic E-state index is -1.44. The van der Waals surface area contributed by atoms with Crippen LogP contribution in [0.4, 0.5) is 0 Å². The van der Waals surface area contributed by atoms with Crippen LogP contribution in [0.15, 0.2) is 0 Å². The number of aliphatic hydroxyl groups excluding tert-OH is 1. The van der Waals surface area contributed by atoms with E-state index in [1.54, 1.807) is 13.8 Å². The zero-order valence-corrected chi connectivity index (χ0v) is 17.2. The molecule has 1 saturated heterocycles. The average Bonchev–Trinajstić information content (AvgIpc) is 3.11. The van der Waals surface area contributed by atoms with E-state index in [4.69, 9.17) is 10.8 Å². The van der Waals surface area contributed by atoms with E-state index in [1.165, 1.54) is 6.92 Å². The van der Waals surface area contributed by atoms with Gasteiger partial charge in [0.15, 0.2) is 0 Å². The third-order valence-electron chi connectivity index (χ3n) is 4.84. The van der Waals surface area contributed by atoms with Crippen LogP contribution in [0.5, 0.6) is 0 Å². The number of aliphatic carboxylic acids is 2. The van der Waals surface area contributed by atoms with Gasteiger partial charge < -0.3 is 36.6 Å². The van der Waals surface area contributed by atoms with Gasteiger partial charge in [0.25, 0.3) is 0 Å². The average molecular weight is 430 g/mol. The largest absolute Gasteiger partial charge is 0.481 e. The number of likely N-dealkylation sites (tertiary alicyclic amines) is 1. The van der Waals surface area contributed by atoms with E-state index in [0.717, 1.165) is 4.90 Å². The molecule has 1 aliphatic rings. The molecule has 0 bridgehead atoms. The number of carboxylic acids is 2. The van der Waals surface area contributed by atoms with Crippen molar-refractivity contribution in [3.05, 3.63) is 0 Å². The van der Waals surface area contributed by atoms with Crippen molar-refractivity contribution < 1.29 is 39.3 Å². The summed E-state index contributed by atoms with van der Waals surface area (Å²) in [4.78, 5) is 60.8. The van der Waals surface area contributed by atoms with E-state index < -0.39 is 72.3 Å². The quantitative estimate of drug-likeness (QED) is 0.224. The summed E-state index contributed by atoms with van der Waals surface area (Å²) in [6, 6.07) is -4.95. The van der Waals surface area contributed by atoms with Crippen LogP contribution in [-0.4, -0.2) is 86.7 Å². The number of carbonyl (C=O) groups excluding carboxylic acids is 3. The van der Waals surface area contributed by atoms with E-state index in [1.807, 2.05) is 0 Å². The highest BCUT2D eigenvalue weighted by Gasteiger charge is 2.39. The molecule has 1 heterocycles.